The molecule has 5 heteroatoms. The number of nitro groups is 1. The van der Waals surface area contributed by atoms with Crippen LogP contribution in [-0.4, -0.2) is 10.8 Å². The van der Waals surface area contributed by atoms with E-state index in [0.717, 1.165) is 11.3 Å². The van der Waals surface area contributed by atoms with E-state index in [1.54, 1.807) is 17.0 Å². The average molecular weight is 296 g/mol. The van der Waals surface area contributed by atoms with Gasteiger partial charge in [-0.1, -0.05) is 30.3 Å². The molecule has 1 saturated heterocycles. The number of non-ortho nitro benzene ring substituents is 1. The van der Waals surface area contributed by atoms with Gasteiger partial charge in [0.25, 0.3) is 5.69 Å². The lowest BCUT2D eigenvalue weighted by Crippen LogP contribution is -2.61. The van der Waals surface area contributed by atoms with Gasteiger partial charge in [-0.25, -0.2) is 0 Å². The third kappa shape index (κ3) is 2.06. The molecular weight excluding hydrogens is 280 g/mol. The fraction of sp³-hybridized carbons (Fsp3) is 0.235. The number of carbonyl (C=O) groups excluding carboxylic acids is 1. The number of nitrogens with zero attached hydrogens (tertiary/aromatic N) is 2. The van der Waals surface area contributed by atoms with Crippen molar-refractivity contribution in [3.63, 3.8) is 0 Å². The molecule has 1 aliphatic heterocycles. The van der Waals surface area contributed by atoms with Crippen molar-refractivity contribution in [2.75, 3.05) is 4.90 Å². The average Bonchev–Trinajstić information content (AvgIpc) is 2.52. The zero-order chi connectivity index (χ0) is 15.9. The Bertz CT molecular complexity index is 723. The minimum absolute atomic E-state index is 0.0541. The first-order valence-electron chi connectivity index (χ1n) is 7.06. The summed E-state index contributed by atoms with van der Waals surface area (Å²) in [5.41, 5.74) is 1.28. The third-order valence-corrected chi connectivity index (χ3v) is 4.17. The van der Waals surface area contributed by atoms with Crippen LogP contribution in [0.4, 0.5) is 11.4 Å². The molecule has 22 heavy (non-hydrogen) atoms. The number of benzene rings is 2. The predicted octanol–water partition coefficient (Wildman–Crippen LogP) is 3.71. The Balaban J connectivity index is 1.99. The number of rotatable bonds is 3. The number of anilines is 1. The SMILES string of the molecule is CC1(C)C(=O)N(c2ccccc2)C1c1ccc([N+](=O)[O-])cc1. The number of nitro benzene ring substituents is 1. The second kappa shape index (κ2) is 4.94. The maximum absolute atomic E-state index is 12.5. The Morgan fingerprint density at radius 2 is 1.64 bits per heavy atom. The summed E-state index contributed by atoms with van der Waals surface area (Å²) in [5.74, 6) is 0.0575. The van der Waals surface area contributed by atoms with E-state index in [1.165, 1.54) is 12.1 Å². The van der Waals surface area contributed by atoms with Crippen molar-refractivity contribution in [2.24, 2.45) is 5.41 Å². The number of amides is 1. The van der Waals surface area contributed by atoms with Gasteiger partial charge in [0.2, 0.25) is 5.91 Å². The van der Waals surface area contributed by atoms with Crippen LogP contribution < -0.4 is 4.90 Å². The minimum Gasteiger partial charge on any atom is -0.303 e. The van der Waals surface area contributed by atoms with Gasteiger partial charge in [-0.3, -0.25) is 14.9 Å². The van der Waals surface area contributed by atoms with Crippen molar-refractivity contribution in [1.29, 1.82) is 0 Å². The second-order valence-corrected chi connectivity index (χ2v) is 5.98. The van der Waals surface area contributed by atoms with Crippen molar-refractivity contribution in [3.05, 3.63) is 70.3 Å². The molecule has 1 atom stereocenters. The second-order valence-electron chi connectivity index (χ2n) is 5.98. The number of hydrogen-bond acceptors (Lipinski definition) is 3. The van der Waals surface area contributed by atoms with E-state index in [-0.39, 0.29) is 17.6 Å². The molecule has 1 heterocycles. The zero-order valence-corrected chi connectivity index (χ0v) is 12.4. The maximum atomic E-state index is 12.5. The molecule has 112 valence electrons. The molecule has 1 aliphatic rings. The molecule has 0 aliphatic carbocycles. The van der Waals surface area contributed by atoms with Crippen molar-refractivity contribution < 1.29 is 9.72 Å². The molecule has 0 saturated carbocycles. The Hall–Kier alpha value is -2.69. The minimum atomic E-state index is -0.522. The molecular formula is C17H16N2O3. The highest BCUT2D eigenvalue weighted by atomic mass is 16.6. The van der Waals surface area contributed by atoms with Gasteiger partial charge in [-0.15, -0.1) is 0 Å². The fourth-order valence-corrected chi connectivity index (χ4v) is 3.00. The lowest BCUT2D eigenvalue weighted by molar-refractivity contribution is -0.384. The van der Waals surface area contributed by atoms with E-state index in [4.69, 9.17) is 0 Å². The van der Waals surface area contributed by atoms with Gasteiger partial charge in [0.1, 0.15) is 0 Å². The first kappa shape index (κ1) is 14.3. The van der Waals surface area contributed by atoms with Crippen LogP contribution >= 0.6 is 0 Å². The van der Waals surface area contributed by atoms with Crippen molar-refractivity contribution in [1.82, 2.24) is 0 Å². The largest absolute Gasteiger partial charge is 0.303 e. The number of para-hydroxylation sites is 1. The molecule has 1 fully saturated rings. The lowest BCUT2D eigenvalue weighted by atomic mass is 9.70. The van der Waals surface area contributed by atoms with Crippen molar-refractivity contribution >= 4 is 17.3 Å². The summed E-state index contributed by atoms with van der Waals surface area (Å²) in [7, 11) is 0. The molecule has 1 amide bonds. The Morgan fingerprint density at radius 3 is 2.18 bits per heavy atom. The summed E-state index contributed by atoms with van der Waals surface area (Å²) < 4.78 is 0. The van der Waals surface area contributed by atoms with Gasteiger partial charge in [0.05, 0.1) is 16.4 Å². The van der Waals surface area contributed by atoms with E-state index in [2.05, 4.69) is 0 Å². The van der Waals surface area contributed by atoms with Gasteiger partial charge in [-0.05, 0) is 31.5 Å². The smallest absolute Gasteiger partial charge is 0.269 e. The zero-order valence-electron chi connectivity index (χ0n) is 12.4. The van der Waals surface area contributed by atoms with Crippen LogP contribution in [0.15, 0.2) is 54.6 Å². The van der Waals surface area contributed by atoms with Gasteiger partial charge in [-0.2, -0.15) is 0 Å². The predicted molar refractivity (Wildman–Crippen MR) is 83.5 cm³/mol. The van der Waals surface area contributed by atoms with E-state index in [9.17, 15) is 14.9 Å². The van der Waals surface area contributed by atoms with Crippen LogP contribution in [0.5, 0.6) is 0 Å². The summed E-state index contributed by atoms with van der Waals surface area (Å²) in [6.45, 7) is 3.81. The molecule has 0 N–H and O–H groups in total. The summed E-state index contributed by atoms with van der Waals surface area (Å²) in [6, 6.07) is 15.8. The molecule has 0 aromatic heterocycles. The normalized spacial score (nSPS) is 19.6. The molecule has 2 aromatic rings. The lowest BCUT2D eigenvalue weighted by Gasteiger charge is -2.53. The first-order chi connectivity index (χ1) is 10.4. The van der Waals surface area contributed by atoms with Crippen molar-refractivity contribution in [2.45, 2.75) is 19.9 Å². The number of carbonyl (C=O) groups is 1. The van der Waals surface area contributed by atoms with Crippen LogP contribution in [0.25, 0.3) is 0 Å². The number of β-lactam (4-membered cyclic amide) rings is 1. The van der Waals surface area contributed by atoms with Gasteiger partial charge < -0.3 is 4.90 Å². The Morgan fingerprint density at radius 1 is 1.05 bits per heavy atom. The van der Waals surface area contributed by atoms with Crippen LogP contribution in [0.2, 0.25) is 0 Å². The van der Waals surface area contributed by atoms with E-state index in [0.29, 0.717) is 0 Å². The molecule has 1 unspecified atom stereocenters. The summed E-state index contributed by atoms with van der Waals surface area (Å²) in [6.07, 6.45) is 0. The van der Waals surface area contributed by atoms with E-state index >= 15 is 0 Å². The molecule has 0 spiro atoms. The van der Waals surface area contributed by atoms with Crippen molar-refractivity contribution in [3.8, 4) is 0 Å². The fourth-order valence-electron chi connectivity index (χ4n) is 3.00. The molecule has 3 rings (SSSR count). The number of hydrogen-bond donors (Lipinski definition) is 0. The highest BCUT2D eigenvalue weighted by Gasteiger charge is 2.55. The standard InChI is InChI=1S/C17H16N2O3/c1-17(2)15(12-8-10-14(11-9-12)19(21)22)18(16(17)20)13-6-4-3-5-7-13/h3-11,15H,1-2H3. The highest BCUT2D eigenvalue weighted by Crippen LogP contribution is 2.51. The van der Waals surface area contributed by atoms with Gasteiger partial charge in [0, 0.05) is 17.8 Å². The van der Waals surface area contributed by atoms with Crippen LogP contribution in [0.1, 0.15) is 25.5 Å². The quantitative estimate of drug-likeness (QED) is 0.493. The molecule has 0 bridgehead atoms. The first-order valence-corrected chi connectivity index (χ1v) is 7.06. The third-order valence-electron chi connectivity index (χ3n) is 4.17. The van der Waals surface area contributed by atoms with Crippen LogP contribution in [0.3, 0.4) is 0 Å². The molecule has 2 aromatic carbocycles. The van der Waals surface area contributed by atoms with Gasteiger partial charge in [0.15, 0.2) is 0 Å². The molecule has 5 nitrogen and oxygen atoms in total. The van der Waals surface area contributed by atoms with Gasteiger partial charge >= 0.3 is 0 Å². The highest BCUT2D eigenvalue weighted by molar-refractivity contribution is 6.05. The summed E-state index contributed by atoms with van der Waals surface area (Å²) in [5, 5.41) is 10.8. The summed E-state index contributed by atoms with van der Waals surface area (Å²) in [4.78, 5) is 24.6. The Labute approximate surface area is 128 Å². The van der Waals surface area contributed by atoms with E-state index < -0.39 is 10.3 Å². The van der Waals surface area contributed by atoms with E-state index in [1.807, 2.05) is 44.2 Å². The summed E-state index contributed by atoms with van der Waals surface area (Å²) >= 11 is 0. The molecule has 0 radical (unpaired) electrons. The van der Waals surface area contributed by atoms with Crippen LogP contribution in [-0.2, 0) is 4.79 Å². The monoisotopic (exact) mass is 296 g/mol. The Kier molecular flexibility index (Phi) is 3.20. The maximum Gasteiger partial charge on any atom is 0.269 e. The van der Waals surface area contributed by atoms with Crippen LogP contribution in [0, 0.1) is 15.5 Å². The topological polar surface area (TPSA) is 63.5 Å².